The summed E-state index contributed by atoms with van der Waals surface area (Å²) in [5.41, 5.74) is 3.53. The van der Waals surface area contributed by atoms with Crippen molar-refractivity contribution in [2.75, 3.05) is 19.0 Å². The number of fused-ring (bicyclic) bond motifs is 1. The molecule has 2 aromatic carbocycles. The van der Waals surface area contributed by atoms with Gasteiger partial charge in [0.1, 0.15) is 11.5 Å². The fourth-order valence-electron chi connectivity index (χ4n) is 2.63. The van der Waals surface area contributed by atoms with Crippen LogP contribution in [0.25, 0.3) is 0 Å². The normalized spacial score (nSPS) is 16.8. The van der Waals surface area contributed by atoms with E-state index in [2.05, 4.69) is 52.4 Å². The number of anilines is 1. The van der Waals surface area contributed by atoms with E-state index in [9.17, 15) is 0 Å². The molecule has 1 unspecified atom stereocenters. The number of halogens is 1. The molecule has 3 nitrogen and oxygen atoms in total. The Kier molecular flexibility index (Phi) is 4.06. The molecule has 0 radical (unpaired) electrons. The fourth-order valence-corrected chi connectivity index (χ4v) is 3.10. The molecule has 21 heavy (non-hydrogen) atoms. The van der Waals surface area contributed by atoms with Crippen molar-refractivity contribution in [3.63, 3.8) is 0 Å². The Balaban J connectivity index is 1.90. The van der Waals surface area contributed by atoms with Crippen LogP contribution in [0.2, 0.25) is 0 Å². The van der Waals surface area contributed by atoms with Crippen molar-refractivity contribution in [3.05, 3.63) is 52.0 Å². The van der Waals surface area contributed by atoms with Crippen LogP contribution in [0.4, 0.5) is 5.69 Å². The molecule has 0 amide bonds. The summed E-state index contributed by atoms with van der Waals surface area (Å²) in [5, 5.41) is 3.63. The molecule has 0 saturated carbocycles. The SMILES string of the molecule is COc1ccc2c(c1)C(Nc1ccc(Br)cc1C)CCO2. The summed E-state index contributed by atoms with van der Waals surface area (Å²) in [6.07, 6.45) is 0.940. The van der Waals surface area contributed by atoms with E-state index in [0.29, 0.717) is 0 Å². The Labute approximate surface area is 133 Å². The fraction of sp³-hybridized carbons (Fsp3) is 0.294. The highest BCUT2D eigenvalue weighted by Crippen LogP contribution is 2.37. The molecule has 1 aliphatic heterocycles. The van der Waals surface area contributed by atoms with Crippen LogP contribution in [-0.4, -0.2) is 13.7 Å². The number of benzene rings is 2. The summed E-state index contributed by atoms with van der Waals surface area (Å²) in [5.74, 6) is 1.80. The Hall–Kier alpha value is -1.68. The Morgan fingerprint density at radius 3 is 2.86 bits per heavy atom. The van der Waals surface area contributed by atoms with Gasteiger partial charge in [-0.15, -0.1) is 0 Å². The molecule has 0 aliphatic carbocycles. The number of rotatable bonds is 3. The standard InChI is InChI=1S/C17H18BrNO2/c1-11-9-12(18)3-5-15(11)19-16-7-8-21-17-6-4-13(20-2)10-14(16)17/h3-6,9-10,16,19H,7-8H2,1-2H3. The lowest BCUT2D eigenvalue weighted by atomic mass is 9.99. The van der Waals surface area contributed by atoms with Crippen LogP contribution in [0.5, 0.6) is 11.5 Å². The minimum Gasteiger partial charge on any atom is -0.497 e. The Morgan fingerprint density at radius 1 is 1.24 bits per heavy atom. The van der Waals surface area contributed by atoms with E-state index < -0.39 is 0 Å². The van der Waals surface area contributed by atoms with Gasteiger partial charge in [0.25, 0.3) is 0 Å². The molecule has 0 saturated heterocycles. The number of nitrogens with one attached hydrogen (secondary N) is 1. The van der Waals surface area contributed by atoms with Crippen molar-refractivity contribution in [1.82, 2.24) is 0 Å². The van der Waals surface area contributed by atoms with Crippen LogP contribution in [0.15, 0.2) is 40.9 Å². The predicted molar refractivity (Wildman–Crippen MR) is 88.3 cm³/mol. The third-order valence-corrected chi connectivity index (χ3v) is 4.27. The lowest BCUT2D eigenvalue weighted by Crippen LogP contribution is -2.20. The maximum absolute atomic E-state index is 5.74. The predicted octanol–water partition coefficient (Wildman–Crippen LogP) is 4.70. The minimum absolute atomic E-state index is 0.240. The third-order valence-electron chi connectivity index (χ3n) is 3.77. The van der Waals surface area contributed by atoms with Gasteiger partial charge in [-0.2, -0.15) is 0 Å². The van der Waals surface area contributed by atoms with Gasteiger partial charge in [-0.3, -0.25) is 0 Å². The van der Waals surface area contributed by atoms with Gasteiger partial charge in [-0.1, -0.05) is 15.9 Å². The molecule has 0 aromatic heterocycles. The van der Waals surface area contributed by atoms with Gasteiger partial charge in [0.15, 0.2) is 0 Å². The number of ether oxygens (including phenoxy) is 2. The third kappa shape index (κ3) is 3.00. The molecule has 0 spiro atoms. The summed E-state index contributed by atoms with van der Waals surface area (Å²) < 4.78 is 12.2. The highest BCUT2D eigenvalue weighted by molar-refractivity contribution is 9.10. The average molecular weight is 348 g/mol. The maximum Gasteiger partial charge on any atom is 0.124 e. The minimum atomic E-state index is 0.240. The van der Waals surface area contributed by atoms with Crippen molar-refractivity contribution in [2.45, 2.75) is 19.4 Å². The first kappa shape index (κ1) is 14.3. The molecule has 1 N–H and O–H groups in total. The van der Waals surface area contributed by atoms with Gasteiger partial charge < -0.3 is 14.8 Å². The van der Waals surface area contributed by atoms with Crippen molar-refractivity contribution in [3.8, 4) is 11.5 Å². The molecule has 110 valence electrons. The highest BCUT2D eigenvalue weighted by Gasteiger charge is 2.22. The largest absolute Gasteiger partial charge is 0.497 e. The summed E-state index contributed by atoms with van der Waals surface area (Å²) in [4.78, 5) is 0. The molecule has 1 heterocycles. The van der Waals surface area contributed by atoms with Crippen LogP contribution < -0.4 is 14.8 Å². The maximum atomic E-state index is 5.74. The summed E-state index contributed by atoms with van der Waals surface area (Å²) in [6.45, 7) is 2.84. The summed E-state index contributed by atoms with van der Waals surface area (Å²) in [7, 11) is 1.69. The van der Waals surface area contributed by atoms with E-state index in [1.165, 1.54) is 5.56 Å². The average Bonchev–Trinajstić information content (AvgIpc) is 2.50. The molecule has 1 aliphatic rings. The van der Waals surface area contributed by atoms with Crippen molar-refractivity contribution in [1.29, 1.82) is 0 Å². The molecular weight excluding hydrogens is 330 g/mol. The number of hydrogen-bond donors (Lipinski definition) is 1. The van der Waals surface area contributed by atoms with E-state index in [1.807, 2.05) is 12.1 Å². The first-order valence-electron chi connectivity index (χ1n) is 7.01. The van der Waals surface area contributed by atoms with Crippen LogP contribution in [-0.2, 0) is 0 Å². The summed E-state index contributed by atoms with van der Waals surface area (Å²) in [6, 6.07) is 12.5. The van der Waals surface area contributed by atoms with Crippen LogP contribution in [0.3, 0.4) is 0 Å². The zero-order valence-corrected chi connectivity index (χ0v) is 13.7. The van der Waals surface area contributed by atoms with E-state index >= 15 is 0 Å². The van der Waals surface area contributed by atoms with E-state index in [0.717, 1.165) is 40.3 Å². The quantitative estimate of drug-likeness (QED) is 0.872. The van der Waals surface area contributed by atoms with Gasteiger partial charge in [0.2, 0.25) is 0 Å². The zero-order valence-electron chi connectivity index (χ0n) is 12.2. The van der Waals surface area contributed by atoms with Gasteiger partial charge >= 0.3 is 0 Å². The topological polar surface area (TPSA) is 30.5 Å². The first-order chi connectivity index (χ1) is 10.2. The molecular formula is C17H18BrNO2. The molecule has 2 aromatic rings. The number of aryl methyl sites for hydroxylation is 1. The first-order valence-corrected chi connectivity index (χ1v) is 7.80. The van der Waals surface area contributed by atoms with Gasteiger partial charge in [0.05, 0.1) is 19.8 Å². The Bertz CT molecular complexity index is 657. The number of methoxy groups -OCH3 is 1. The second-order valence-electron chi connectivity index (χ2n) is 5.20. The van der Waals surface area contributed by atoms with E-state index in [4.69, 9.17) is 9.47 Å². The zero-order chi connectivity index (χ0) is 14.8. The van der Waals surface area contributed by atoms with Crippen LogP contribution >= 0.6 is 15.9 Å². The van der Waals surface area contributed by atoms with E-state index in [-0.39, 0.29) is 6.04 Å². The second kappa shape index (κ2) is 5.98. The molecule has 0 fully saturated rings. The lowest BCUT2D eigenvalue weighted by Gasteiger charge is -2.28. The molecule has 1 atom stereocenters. The molecule has 0 bridgehead atoms. The summed E-state index contributed by atoms with van der Waals surface area (Å²) >= 11 is 3.50. The van der Waals surface area contributed by atoms with Crippen molar-refractivity contribution < 1.29 is 9.47 Å². The van der Waals surface area contributed by atoms with Crippen molar-refractivity contribution >= 4 is 21.6 Å². The number of hydrogen-bond acceptors (Lipinski definition) is 3. The van der Waals surface area contributed by atoms with Crippen LogP contribution in [0, 0.1) is 6.92 Å². The molecule has 4 heteroatoms. The van der Waals surface area contributed by atoms with Crippen LogP contribution in [0.1, 0.15) is 23.6 Å². The highest BCUT2D eigenvalue weighted by atomic mass is 79.9. The lowest BCUT2D eigenvalue weighted by molar-refractivity contribution is 0.273. The van der Waals surface area contributed by atoms with E-state index in [1.54, 1.807) is 7.11 Å². The monoisotopic (exact) mass is 347 g/mol. The van der Waals surface area contributed by atoms with Crippen molar-refractivity contribution in [2.24, 2.45) is 0 Å². The Morgan fingerprint density at radius 2 is 2.10 bits per heavy atom. The van der Waals surface area contributed by atoms with Gasteiger partial charge in [-0.05, 0) is 48.9 Å². The van der Waals surface area contributed by atoms with Gasteiger partial charge in [0, 0.05) is 22.1 Å². The smallest absolute Gasteiger partial charge is 0.124 e. The molecule has 3 rings (SSSR count). The second-order valence-corrected chi connectivity index (χ2v) is 6.11. The van der Waals surface area contributed by atoms with Gasteiger partial charge in [-0.25, -0.2) is 0 Å².